The number of aromatic nitrogens is 2. The van der Waals surface area contributed by atoms with Crippen molar-refractivity contribution in [2.75, 3.05) is 6.61 Å². The fraction of sp³-hybridized carbons (Fsp3) is 0.471. The molecule has 1 aromatic heterocycles. The first-order chi connectivity index (χ1) is 12.7. The fourth-order valence-electron chi connectivity index (χ4n) is 2.24. The normalized spacial score (nSPS) is 13.2. The van der Waals surface area contributed by atoms with Crippen LogP contribution in [-0.2, 0) is 17.4 Å². The van der Waals surface area contributed by atoms with Crippen molar-refractivity contribution in [2.45, 2.75) is 44.5 Å². The van der Waals surface area contributed by atoms with Gasteiger partial charge in [-0.2, -0.15) is 22.0 Å². The van der Waals surface area contributed by atoms with Gasteiger partial charge in [0.05, 0.1) is 5.56 Å². The molecule has 1 aromatic carbocycles. The predicted molar refractivity (Wildman–Crippen MR) is 99.4 cm³/mol. The third-order valence-corrected chi connectivity index (χ3v) is 6.05. The zero-order valence-corrected chi connectivity index (χ0v) is 18.0. The summed E-state index contributed by atoms with van der Waals surface area (Å²) < 4.78 is 86.7. The number of nitrogens with zero attached hydrogens (tertiary/aromatic N) is 2. The Balaban J connectivity index is 2.41. The number of imidazole rings is 1. The van der Waals surface area contributed by atoms with Crippen molar-refractivity contribution in [3.05, 3.63) is 40.4 Å². The molecule has 0 bridgehead atoms. The minimum atomic E-state index is -5.82. The van der Waals surface area contributed by atoms with Crippen LogP contribution in [0.5, 0.6) is 0 Å². The smallest absolute Gasteiger partial charge is 0.361 e. The maximum Gasteiger partial charge on any atom is 0.459 e. The van der Waals surface area contributed by atoms with Crippen molar-refractivity contribution < 1.29 is 31.1 Å². The van der Waals surface area contributed by atoms with Crippen LogP contribution in [0, 0.1) is 5.82 Å². The van der Waals surface area contributed by atoms with Gasteiger partial charge >= 0.3 is 12.1 Å². The monoisotopic (exact) mass is 488 g/mol. The largest absolute Gasteiger partial charge is 0.459 e. The molecular formula is C17H19BrF6N2OSi. The van der Waals surface area contributed by atoms with E-state index in [0.29, 0.717) is 17.3 Å². The van der Waals surface area contributed by atoms with Gasteiger partial charge in [-0.15, -0.1) is 0 Å². The average Bonchev–Trinajstić information content (AvgIpc) is 2.94. The van der Waals surface area contributed by atoms with Gasteiger partial charge in [0.2, 0.25) is 0 Å². The fourth-order valence-corrected chi connectivity index (χ4v) is 3.33. The molecule has 1 heterocycles. The summed E-state index contributed by atoms with van der Waals surface area (Å²) in [6, 6.07) is 4.53. The number of hydrogen-bond acceptors (Lipinski definition) is 2. The first kappa shape index (κ1) is 23.0. The van der Waals surface area contributed by atoms with E-state index in [4.69, 9.17) is 4.74 Å². The third-order valence-electron chi connectivity index (χ3n) is 3.85. The van der Waals surface area contributed by atoms with Gasteiger partial charge in [0.1, 0.15) is 24.1 Å². The van der Waals surface area contributed by atoms with Gasteiger partial charge < -0.3 is 9.30 Å². The highest BCUT2D eigenvalue weighted by atomic mass is 79.9. The maximum absolute atomic E-state index is 14.3. The lowest BCUT2D eigenvalue weighted by Gasteiger charge is -2.17. The van der Waals surface area contributed by atoms with Crippen LogP contribution in [0.15, 0.2) is 28.9 Å². The Morgan fingerprint density at radius 1 is 1.14 bits per heavy atom. The highest BCUT2D eigenvalue weighted by Gasteiger charge is 2.60. The highest BCUT2D eigenvalue weighted by molar-refractivity contribution is 9.10. The maximum atomic E-state index is 14.3. The van der Waals surface area contributed by atoms with E-state index in [0.717, 1.165) is 16.7 Å². The summed E-state index contributed by atoms with van der Waals surface area (Å²) in [7, 11) is -1.42. The quantitative estimate of drug-likeness (QED) is 0.255. The van der Waals surface area contributed by atoms with Crippen molar-refractivity contribution in [2.24, 2.45) is 0 Å². The van der Waals surface area contributed by atoms with Crippen molar-refractivity contribution >= 4 is 24.0 Å². The van der Waals surface area contributed by atoms with E-state index >= 15 is 0 Å². The molecule has 0 amide bonds. The van der Waals surface area contributed by atoms with Crippen LogP contribution in [0.3, 0.4) is 0 Å². The molecule has 3 nitrogen and oxygen atoms in total. The van der Waals surface area contributed by atoms with E-state index in [2.05, 4.69) is 40.6 Å². The summed E-state index contributed by atoms with van der Waals surface area (Å²) >= 11 is 3.06. The van der Waals surface area contributed by atoms with Crippen molar-refractivity contribution in [1.29, 1.82) is 0 Å². The zero-order chi connectivity index (χ0) is 21.3. The molecule has 0 N–H and O–H groups in total. The van der Waals surface area contributed by atoms with E-state index in [1.165, 1.54) is 12.1 Å². The highest BCUT2D eigenvalue weighted by Crippen LogP contribution is 2.44. The average molecular weight is 489 g/mol. The second kappa shape index (κ2) is 8.19. The van der Waals surface area contributed by atoms with Crippen LogP contribution in [0.4, 0.5) is 26.3 Å². The predicted octanol–water partition coefficient (Wildman–Crippen LogP) is 6.42. The Bertz CT molecular complexity index is 832. The van der Waals surface area contributed by atoms with Gasteiger partial charge in [-0.05, 0) is 24.2 Å². The molecule has 28 heavy (non-hydrogen) atoms. The summed E-state index contributed by atoms with van der Waals surface area (Å²) in [4.78, 5) is 3.40. The topological polar surface area (TPSA) is 27.1 Å². The molecule has 0 aliphatic carbocycles. The van der Waals surface area contributed by atoms with Gasteiger partial charge in [0, 0.05) is 25.4 Å². The summed E-state index contributed by atoms with van der Waals surface area (Å²) in [5.41, 5.74) is -1.72. The minimum Gasteiger partial charge on any atom is -0.361 e. The third kappa shape index (κ3) is 5.38. The van der Waals surface area contributed by atoms with Crippen molar-refractivity contribution in [3.63, 3.8) is 0 Å². The van der Waals surface area contributed by atoms with Crippen molar-refractivity contribution in [1.82, 2.24) is 9.55 Å². The number of ether oxygens (including phenoxy) is 1. The van der Waals surface area contributed by atoms with E-state index in [1.54, 1.807) is 0 Å². The molecule has 0 aliphatic heterocycles. The van der Waals surface area contributed by atoms with Crippen LogP contribution < -0.4 is 0 Å². The first-order valence-electron chi connectivity index (χ1n) is 8.28. The number of alkyl halides is 5. The molecule has 0 atom stereocenters. The van der Waals surface area contributed by atoms with Crippen molar-refractivity contribution in [3.8, 4) is 11.4 Å². The second-order valence-corrected chi connectivity index (χ2v) is 14.0. The minimum absolute atomic E-state index is 0.207. The zero-order valence-electron chi connectivity index (χ0n) is 15.4. The summed E-state index contributed by atoms with van der Waals surface area (Å²) in [5, 5.41) is 0. The Labute approximate surface area is 167 Å². The van der Waals surface area contributed by atoms with Gasteiger partial charge in [-0.1, -0.05) is 35.6 Å². The molecule has 156 valence electrons. The standard InChI is InChI=1S/C17H19BrF6N2OSi/c1-28(2,3)7-6-27-10-26-9-14(16(20,21)17(22,23)24)25-15(26)12-5-4-11(18)8-13(12)19/h4-5,8-9H,6-7,10H2,1-3H3. The van der Waals surface area contributed by atoms with Gasteiger partial charge in [0.25, 0.3) is 0 Å². The lowest BCUT2D eigenvalue weighted by atomic mass is 10.2. The van der Waals surface area contributed by atoms with Gasteiger partial charge in [-0.25, -0.2) is 9.37 Å². The van der Waals surface area contributed by atoms with E-state index in [1.807, 2.05) is 0 Å². The van der Waals surface area contributed by atoms with Crippen LogP contribution in [0.1, 0.15) is 5.69 Å². The molecule has 2 rings (SSSR count). The number of benzene rings is 1. The molecule has 11 heteroatoms. The summed E-state index contributed by atoms with van der Waals surface area (Å²) in [5.74, 6) is -6.35. The molecule has 0 saturated carbocycles. The van der Waals surface area contributed by atoms with Crippen LogP contribution >= 0.6 is 15.9 Å². The lowest BCUT2D eigenvalue weighted by molar-refractivity contribution is -0.290. The second-order valence-electron chi connectivity index (χ2n) is 7.46. The lowest BCUT2D eigenvalue weighted by Crippen LogP contribution is -2.34. The molecule has 0 saturated heterocycles. The molecule has 0 unspecified atom stereocenters. The molecular weight excluding hydrogens is 470 g/mol. The SMILES string of the molecule is C[Si](C)(C)CCOCn1cc(C(F)(F)C(F)(F)F)nc1-c1ccc(Br)cc1F. The Morgan fingerprint density at radius 3 is 2.32 bits per heavy atom. The molecule has 0 fully saturated rings. The summed E-state index contributed by atoms with van der Waals surface area (Å²) in [6.45, 7) is 6.31. The number of halogens is 7. The Hall–Kier alpha value is -1.33. The Kier molecular flexibility index (Phi) is 6.71. The van der Waals surface area contributed by atoms with E-state index < -0.39 is 31.7 Å². The first-order valence-corrected chi connectivity index (χ1v) is 12.8. The van der Waals surface area contributed by atoms with E-state index in [-0.39, 0.29) is 18.1 Å². The molecule has 0 radical (unpaired) electrons. The van der Waals surface area contributed by atoms with Crippen LogP contribution in [0.25, 0.3) is 11.4 Å². The van der Waals surface area contributed by atoms with E-state index in [9.17, 15) is 26.3 Å². The Morgan fingerprint density at radius 2 is 1.79 bits per heavy atom. The summed E-state index contributed by atoms with van der Waals surface area (Å²) in [6.07, 6.45) is -5.26. The number of rotatable bonds is 7. The van der Waals surface area contributed by atoms with Crippen LogP contribution in [0.2, 0.25) is 25.7 Å². The molecule has 0 aliphatic rings. The number of hydrogen-bond donors (Lipinski definition) is 0. The molecule has 2 aromatic rings. The van der Waals surface area contributed by atoms with Gasteiger partial charge in [-0.3, -0.25) is 0 Å². The van der Waals surface area contributed by atoms with Gasteiger partial charge in [0.15, 0.2) is 0 Å². The van der Waals surface area contributed by atoms with Crippen LogP contribution in [-0.4, -0.2) is 30.4 Å². The molecule has 0 spiro atoms.